The number of nitrogens with one attached hydrogen (secondary N) is 2. The van der Waals surface area contributed by atoms with E-state index in [0.29, 0.717) is 18.0 Å². The number of nitrogens with zero attached hydrogens (tertiary/aromatic N) is 1. The standard InChI is InChI=1S/C25H25N3O7/c1-4-34-18-11-9-17(10-12-18)26-24(29)16(2)35-23-8-6-5-7-20(23)25(30)27-21-14-13-19(33-3)15-22(21)28(31)32/h5-16H,4H2,1-3H3,(H,26,29)(H,27,30)/t16-/m0/s1. The Bertz CT molecular complexity index is 1210. The molecule has 0 radical (unpaired) electrons. The van der Waals surface area contributed by atoms with E-state index in [0.717, 1.165) is 0 Å². The molecule has 0 heterocycles. The first kappa shape index (κ1) is 25.0. The average molecular weight is 479 g/mol. The summed E-state index contributed by atoms with van der Waals surface area (Å²) < 4.78 is 16.2. The van der Waals surface area contributed by atoms with Crippen LogP contribution in [0.1, 0.15) is 24.2 Å². The number of hydrogen-bond donors (Lipinski definition) is 2. The molecule has 3 aromatic carbocycles. The fraction of sp³-hybridized carbons (Fsp3) is 0.200. The van der Waals surface area contributed by atoms with Gasteiger partial charge < -0.3 is 24.8 Å². The molecule has 0 aromatic heterocycles. The average Bonchev–Trinajstić information content (AvgIpc) is 2.85. The van der Waals surface area contributed by atoms with Crippen molar-refractivity contribution < 1.29 is 28.7 Å². The summed E-state index contributed by atoms with van der Waals surface area (Å²) in [6, 6.07) is 17.3. The number of nitro benzene ring substituents is 1. The number of nitro groups is 1. The van der Waals surface area contributed by atoms with E-state index in [1.54, 1.807) is 43.3 Å². The summed E-state index contributed by atoms with van der Waals surface area (Å²) in [6.07, 6.45) is -0.939. The molecule has 3 rings (SSSR count). The molecular formula is C25H25N3O7. The maximum Gasteiger partial charge on any atom is 0.296 e. The fourth-order valence-corrected chi connectivity index (χ4v) is 3.13. The Labute approximate surface area is 202 Å². The van der Waals surface area contributed by atoms with E-state index >= 15 is 0 Å². The van der Waals surface area contributed by atoms with Gasteiger partial charge in [-0.25, -0.2) is 0 Å². The van der Waals surface area contributed by atoms with Crippen LogP contribution in [-0.4, -0.2) is 36.6 Å². The number of methoxy groups -OCH3 is 1. The molecule has 35 heavy (non-hydrogen) atoms. The first-order valence-electron chi connectivity index (χ1n) is 10.8. The van der Waals surface area contributed by atoms with Gasteiger partial charge in [0, 0.05) is 5.69 Å². The van der Waals surface area contributed by atoms with Crippen molar-refractivity contribution in [3.05, 3.63) is 82.4 Å². The van der Waals surface area contributed by atoms with Gasteiger partial charge in [-0.15, -0.1) is 0 Å². The van der Waals surface area contributed by atoms with Gasteiger partial charge in [-0.2, -0.15) is 0 Å². The maximum absolute atomic E-state index is 12.9. The quantitative estimate of drug-likeness (QED) is 0.320. The van der Waals surface area contributed by atoms with E-state index in [-0.39, 0.29) is 28.4 Å². The van der Waals surface area contributed by atoms with Crippen molar-refractivity contribution >= 4 is 28.9 Å². The van der Waals surface area contributed by atoms with Gasteiger partial charge >= 0.3 is 0 Å². The highest BCUT2D eigenvalue weighted by atomic mass is 16.6. The minimum Gasteiger partial charge on any atom is -0.496 e. The third-order valence-electron chi connectivity index (χ3n) is 4.89. The van der Waals surface area contributed by atoms with Crippen molar-refractivity contribution in [2.45, 2.75) is 20.0 Å². The summed E-state index contributed by atoms with van der Waals surface area (Å²) in [5.74, 6) is 0.0660. The lowest BCUT2D eigenvalue weighted by Gasteiger charge is -2.17. The SMILES string of the molecule is CCOc1ccc(NC(=O)[C@H](C)Oc2ccccc2C(=O)Nc2ccc(OC)cc2[N+](=O)[O-])cc1. The predicted octanol–water partition coefficient (Wildman–Crippen LogP) is 4.66. The van der Waals surface area contributed by atoms with Crippen LogP contribution in [0.15, 0.2) is 66.7 Å². The molecule has 2 N–H and O–H groups in total. The molecule has 0 saturated carbocycles. The molecule has 10 nitrogen and oxygen atoms in total. The molecule has 0 unspecified atom stereocenters. The minimum absolute atomic E-state index is 0.00288. The first-order valence-corrected chi connectivity index (χ1v) is 10.8. The van der Waals surface area contributed by atoms with Gasteiger partial charge in [-0.05, 0) is 62.4 Å². The van der Waals surface area contributed by atoms with Gasteiger partial charge in [0.25, 0.3) is 17.5 Å². The molecular weight excluding hydrogens is 454 g/mol. The highest BCUT2D eigenvalue weighted by Gasteiger charge is 2.22. The summed E-state index contributed by atoms with van der Waals surface area (Å²) in [6.45, 7) is 3.97. The van der Waals surface area contributed by atoms with Crippen LogP contribution < -0.4 is 24.8 Å². The first-order chi connectivity index (χ1) is 16.8. The lowest BCUT2D eigenvalue weighted by Crippen LogP contribution is -2.30. The number of amides is 2. The van der Waals surface area contributed by atoms with Gasteiger partial charge in [-0.1, -0.05) is 12.1 Å². The summed E-state index contributed by atoms with van der Waals surface area (Å²) in [7, 11) is 1.39. The number of para-hydroxylation sites is 1. The van der Waals surface area contributed by atoms with Crippen LogP contribution in [0.4, 0.5) is 17.1 Å². The number of carbonyl (C=O) groups excluding carboxylic acids is 2. The summed E-state index contributed by atoms with van der Waals surface area (Å²) in [5, 5.41) is 16.7. The molecule has 0 saturated heterocycles. The molecule has 10 heteroatoms. The van der Waals surface area contributed by atoms with Crippen LogP contribution in [-0.2, 0) is 4.79 Å². The van der Waals surface area contributed by atoms with Gasteiger partial charge in [0.15, 0.2) is 6.10 Å². The van der Waals surface area contributed by atoms with E-state index in [1.165, 1.54) is 37.4 Å². The molecule has 0 bridgehead atoms. The summed E-state index contributed by atoms with van der Waals surface area (Å²) in [5.41, 5.74) is 0.348. The van der Waals surface area contributed by atoms with Crippen molar-refractivity contribution in [2.24, 2.45) is 0 Å². The lowest BCUT2D eigenvalue weighted by molar-refractivity contribution is -0.384. The molecule has 0 spiro atoms. The molecule has 3 aromatic rings. The summed E-state index contributed by atoms with van der Waals surface area (Å²) in [4.78, 5) is 36.4. The molecule has 2 amide bonds. The molecule has 0 aliphatic carbocycles. The van der Waals surface area contributed by atoms with Crippen LogP contribution in [0.25, 0.3) is 0 Å². The highest BCUT2D eigenvalue weighted by molar-refractivity contribution is 6.07. The normalized spacial score (nSPS) is 11.2. The van der Waals surface area contributed by atoms with Crippen molar-refractivity contribution in [1.29, 1.82) is 0 Å². The number of hydrogen-bond acceptors (Lipinski definition) is 7. The van der Waals surface area contributed by atoms with Crippen LogP contribution in [0.3, 0.4) is 0 Å². The van der Waals surface area contributed by atoms with Gasteiger partial charge in [0.1, 0.15) is 22.9 Å². The number of benzene rings is 3. The van der Waals surface area contributed by atoms with Crippen LogP contribution in [0.2, 0.25) is 0 Å². The minimum atomic E-state index is -0.939. The zero-order chi connectivity index (χ0) is 25.4. The molecule has 0 fully saturated rings. The predicted molar refractivity (Wildman–Crippen MR) is 130 cm³/mol. The Morgan fingerprint density at radius 2 is 1.69 bits per heavy atom. The zero-order valence-electron chi connectivity index (χ0n) is 19.4. The Hall–Kier alpha value is -4.60. The van der Waals surface area contributed by atoms with E-state index in [1.807, 2.05) is 6.92 Å². The summed E-state index contributed by atoms with van der Waals surface area (Å²) >= 11 is 0. The second kappa shape index (κ2) is 11.5. The number of carbonyl (C=O) groups is 2. The highest BCUT2D eigenvalue weighted by Crippen LogP contribution is 2.30. The Balaban J connectivity index is 1.72. The zero-order valence-corrected chi connectivity index (χ0v) is 19.4. The Morgan fingerprint density at radius 1 is 1.00 bits per heavy atom. The van der Waals surface area contributed by atoms with Crippen molar-refractivity contribution in [3.8, 4) is 17.2 Å². The Morgan fingerprint density at radius 3 is 2.34 bits per heavy atom. The van der Waals surface area contributed by atoms with E-state index in [2.05, 4.69) is 10.6 Å². The second-order valence-corrected chi connectivity index (χ2v) is 7.30. The van der Waals surface area contributed by atoms with Crippen LogP contribution in [0.5, 0.6) is 17.2 Å². The molecule has 1 atom stereocenters. The van der Waals surface area contributed by atoms with Gasteiger partial charge in [-0.3, -0.25) is 19.7 Å². The fourth-order valence-electron chi connectivity index (χ4n) is 3.13. The Kier molecular flexibility index (Phi) is 8.23. The largest absolute Gasteiger partial charge is 0.496 e. The number of anilines is 2. The monoisotopic (exact) mass is 479 g/mol. The topological polar surface area (TPSA) is 129 Å². The second-order valence-electron chi connectivity index (χ2n) is 7.30. The van der Waals surface area contributed by atoms with Crippen LogP contribution >= 0.6 is 0 Å². The molecule has 182 valence electrons. The van der Waals surface area contributed by atoms with Crippen molar-refractivity contribution in [3.63, 3.8) is 0 Å². The van der Waals surface area contributed by atoms with E-state index in [9.17, 15) is 19.7 Å². The van der Waals surface area contributed by atoms with Crippen molar-refractivity contribution in [1.82, 2.24) is 0 Å². The van der Waals surface area contributed by atoms with Crippen LogP contribution in [0, 0.1) is 10.1 Å². The van der Waals surface area contributed by atoms with E-state index < -0.39 is 22.8 Å². The lowest BCUT2D eigenvalue weighted by atomic mass is 10.1. The van der Waals surface area contributed by atoms with Gasteiger partial charge in [0.2, 0.25) is 0 Å². The van der Waals surface area contributed by atoms with E-state index in [4.69, 9.17) is 14.2 Å². The van der Waals surface area contributed by atoms with Crippen molar-refractivity contribution in [2.75, 3.05) is 24.4 Å². The molecule has 0 aliphatic rings. The number of ether oxygens (including phenoxy) is 3. The maximum atomic E-state index is 12.9. The number of rotatable bonds is 10. The molecule has 0 aliphatic heterocycles. The third kappa shape index (κ3) is 6.47. The third-order valence-corrected chi connectivity index (χ3v) is 4.89. The smallest absolute Gasteiger partial charge is 0.296 e. The van der Waals surface area contributed by atoms with Gasteiger partial charge in [0.05, 0.1) is 30.3 Å².